The second-order valence-electron chi connectivity index (χ2n) is 17.2. The molecule has 8 amide bonds. The molecular weight excluding hydrogens is 987 g/mol. The van der Waals surface area contributed by atoms with Gasteiger partial charge in [0.1, 0.15) is 48.0 Å². The Labute approximate surface area is 422 Å². The number of aliphatic carboxylic acids is 5. The van der Waals surface area contributed by atoms with Crippen molar-refractivity contribution in [2.75, 3.05) is 6.54 Å². The first-order valence-corrected chi connectivity index (χ1v) is 23.0. The molecule has 1 radical (unpaired) electrons. The van der Waals surface area contributed by atoms with Crippen molar-refractivity contribution in [1.29, 1.82) is 0 Å². The van der Waals surface area contributed by atoms with Gasteiger partial charge in [-0.2, -0.15) is 0 Å². The van der Waals surface area contributed by atoms with E-state index in [9.17, 15) is 97.8 Å². The van der Waals surface area contributed by atoms with E-state index in [-0.39, 0.29) is 24.5 Å². The normalized spacial score (nSPS) is 14.1. The number of rotatable bonds is 36. The molecule has 0 fully saturated rings. The quantitative estimate of drug-likeness (QED) is 0.0307. The van der Waals surface area contributed by atoms with Crippen LogP contribution in [0.15, 0.2) is 24.3 Å². The number of carbonyl (C=O) groups is 13. The third-order valence-corrected chi connectivity index (χ3v) is 10.6. The Hall–Kier alpha value is -8.24. The van der Waals surface area contributed by atoms with E-state index in [1.165, 1.54) is 30.6 Å². The minimum atomic E-state index is -1.94. The van der Waals surface area contributed by atoms with E-state index in [1.807, 2.05) is 0 Å². The highest BCUT2D eigenvalue weighted by Gasteiger charge is 2.35. The molecule has 0 unspecified atom stereocenters. The summed E-state index contributed by atoms with van der Waals surface area (Å²) in [6.07, 6.45) is -5.88. The number of carboxylic acids is 5. The summed E-state index contributed by atoms with van der Waals surface area (Å²) in [5, 5.41) is 74.5. The van der Waals surface area contributed by atoms with Gasteiger partial charge in [0.25, 0.3) is 0 Å². The third kappa shape index (κ3) is 25.7. The lowest BCUT2D eigenvalue weighted by Gasteiger charge is -2.27. The van der Waals surface area contributed by atoms with E-state index < -0.39 is 196 Å². The fourth-order valence-electron chi connectivity index (χ4n) is 6.67. The molecule has 0 aromatic heterocycles. The van der Waals surface area contributed by atoms with Gasteiger partial charge in [-0.25, -0.2) is 0 Å². The summed E-state index contributed by atoms with van der Waals surface area (Å²) in [4.78, 5) is 176. The van der Waals surface area contributed by atoms with Crippen LogP contribution >= 0.6 is 0 Å². The molecule has 0 heterocycles. The number of phenolic OH excluding ortho intramolecular Hbond substituents is 1. The molecule has 0 aliphatic carbocycles. The van der Waals surface area contributed by atoms with Crippen molar-refractivity contribution in [3.63, 3.8) is 0 Å². The van der Waals surface area contributed by atoms with Crippen molar-refractivity contribution < 1.29 is 97.8 Å². The van der Waals surface area contributed by atoms with Crippen LogP contribution in [0.4, 0.5) is 0 Å². The van der Waals surface area contributed by atoms with Crippen molar-refractivity contribution in [2.24, 2.45) is 11.7 Å². The van der Waals surface area contributed by atoms with E-state index in [0.717, 1.165) is 6.92 Å². The molecule has 8 atom stereocenters. The minimum absolute atomic E-state index is 0.0771. The molecule has 29 heteroatoms. The van der Waals surface area contributed by atoms with E-state index >= 15 is 0 Å². The van der Waals surface area contributed by atoms with Gasteiger partial charge >= 0.3 is 29.8 Å². The first-order valence-electron chi connectivity index (χ1n) is 23.0. The van der Waals surface area contributed by atoms with Gasteiger partial charge in [-0.15, -0.1) is 0 Å². The highest BCUT2D eigenvalue weighted by atomic mass is 16.4. The van der Waals surface area contributed by atoms with Crippen molar-refractivity contribution in [3.05, 3.63) is 29.8 Å². The number of nitrogens with one attached hydrogen (secondary N) is 8. The average molecular weight is 1050 g/mol. The molecule has 0 saturated heterocycles. The van der Waals surface area contributed by atoms with Crippen molar-refractivity contribution in [3.8, 4) is 5.75 Å². The largest absolute Gasteiger partial charge is 0.508 e. The molecule has 16 N–H and O–H groups in total. The average Bonchev–Trinajstić information content (AvgIpc) is 3.31. The second-order valence-corrected chi connectivity index (χ2v) is 17.2. The number of hydrogen-bond donors (Lipinski definition) is 15. The number of phenols is 1. The highest BCUT2D eigenvalue weighted by Crippen LogP contribution is 2.13. The van der Waals surface area contributed by atoms with Crippen LogP contribution in [-0.2, 0) is 73.5 Å². The molecule has 409 valence electrons. The first kappa shape index (κ1) is 63.8. The summed E-state index contributed by atoms with van der Waals surface area (Å²) in [5.41, 5.74) is 6.36. The molecule has 29 nitrogen and oxygen atoms in total. The summed E-state index contributed by atoms with van der Waals surface area (Å²) in [6, 6.07) is -7.73. The number of aromatic hydroxyl groups is 1. The zero-order chi connectivity index (χ0) is 56.2. The van der Waals surface area contributed by atoms with Gasteiger partial charge in [-0.3, -0.25) is 67.1 Å². The third-order valence-electron chi connectivity index (χ3n) is 10.6. The molecule has 0 saturated carbocycles. The highest BCUT2D eigenvalue weighted by molar-refractivity contribution is 5.98. The van der Waals surface area contributed by atoms with Gasteiger partial charge in [0.15, 0.2) is 0 Å². The van der Waals surface area contributed by atoms with Gasteiger partial charge < -0.3 is 78.9 Å². The number of benzene rings is 1. The summed E-state index contributed by atoms with van der Waals surface area (Å²) < 4.78 is 0. The summed E-state index contributed by atoms with van der Waals surface area (Å²) >= 11 is 0. The first-order chi connectivity index (χ1) is 34.6. The number of nitrogens with two attached hydrogens (primary N) is 1. The zero-order valence-electron chi connectivity index (χ0n) is 40.7. The van der Waals surface area contributed by atoms with Gasteiger partial charge in [0.2, 0.25) is 53.5 Å². The SMILES string of the molecule is CC(C)C[C@H](N)C(=O)N[C@@H](CCC(=O)O)C(=O)N[C@@H](CCC(=O)O)C(=O)N[C@@H](CCC(=O)O)C(=O)N[C@@H](CCC(=O)O)C(=O)N[C@@H](CCC(=O)O)C(=O)N[C@@H](C)C(=O)N[C@@H](Cc1ccc(O)cc1)C(=O)NC[C]=O. The predicted octanol–water partition coefficient (Wildman–Crippen LogP) is -3.73. The lowest BCUT2D eigenvalue weighted by molar-refractivity contribution is -0.141. The Bertz CT molecular complexity index is 2190. The topological polar surface area (TPSA) is 483 Å². The van der Waals surface area contributed by atoms with Gasteiger partial charge in [0.05, 0.1) is 12.6 Å². The Morgan fingerprint density at radius 3 is 1.08 bits per heavy atom. The summed E-state index contributed by atoms with van der Waals surface area (Å²) in [5.74, 6) is -16.6. The van der Waals surface area contributed by atoms with Crippen LogP contribution in [0.2, 0.25) is 0 Å². The van der Waals surface area contributed by atoms with Crippen LogP contribution < -0.4 is 48.3 Å². The predicted molar refractivity (Wildman–Crippen MR) is 251 cm³/mol. The van der Waals surface area contributed by atoms with Gasteiger partial charge in [-0.1, -0.05) is 26.0 Å². The Kier molecular flexibility index (Phi) is 28.2. The van der Waals surface area contributed by atoms with Gasteiger partial charge in [-0.05, 0) is 69.1 Å². The van der Waals surface area contributed by atoms with Crippen LogP contribution in [0, 0.1) is 5.92 Å². The Balaban J connectivity index is 3.49. The standard InChI is InChI=1S/C45H64N9O20/c1-22(2)20-26(46)39(68)49-28(9-14-34(59)60)42(71)51-30(11-16-36(63)64)44(73)53-31(12-17-37(65)66)45(74)52-29(10-15-35(61)62)43(72)50-27(8-13-33(57)58)41(70)48-23(3)38(67)54-32(40(69)47-18-19-55)21-24-4-6-25(56)7-5-24/h4-7,22-23,26-32,56H,8-18,20-21,46H2,1-3H3,(H,47,69)(H,48,70)(H,49,68)(H,50,72)(H,51,71)(H,52,74)(H,53,73)(H,54,67)(H,57,58)(H,59,60)(H,61,62)(H,63,64)(H,65,66)/t23-,26-,27-,28-,29-,30-,31-,32-/m0/s1. The maximum atomic E-state index is 13.9. The van der Waals surface area contributed by atoms with Crippen molar-refractivity contribution in [1.82, 2.24) is 42.5 Å². The molecule has 0 spiro atoms. The summed E-state index contributed by atoms with van der Waals surface area (Å²) in [7, 11) is 0. The maximum Gasteiger partial charge on any atom is 0.303 e. The molecular formula is C45H64N9O20. The van der Waals surface area contributed by atoms with E-state index in [1.54, 1.807) is 13.8 Å². The Morgan fingerprint density at radius 2 is 0.770 bits per heavy atom. The molecule has 74 heavy (non-hydrogen) atoms. The zero-order valence-corrected chi connectivity index (χ0v) is 40.7. The van der Waals surface area contributed by atoms with Crippen molar-refractivity contribution in [2.45, 2.75) is 146 Å². The Morgan fingerprint density at radius 1 is 0.459 bits per heavy atom. The van der Waals surface area contributed by atoms with Crippen LogP contribution in [0.5, 0.6) is 5.75 Å². The molecule has 0 bridgehead atoms. The van der Waals surface area contributed by atoms with Crippen LogP contribution in [0.25, 0.3) is 0 Å². The fraction of sp³-hybridized carbons (Fsp3) is 0.556. The number of amides is 8. The van der Waals surface area contributed by atoms with E-state index in [2.05, 4.69) is 42.5 Å². The minimum Gasteiger partial charge on any atom is -0.508 e. The van der Waals surface area contributed by atoms with Crippen LogP contribution in [0.1, 0.15) is 97.0 Å². The summed E-state index contributed by atoms with van der Waals surface area (Å²) in [6.45, 7) is 4.11. The van der Waals surface area contributed by atoms with Crippen LogP contribution in [-0.4, -0.2) is 169 Å². The number of hydrogen-bond acceptors (Lipinski definition) is 16. The number of carboxylic acid groups (broad SMARTS) is 5. The maximum absolute atomic E-state index is 13.9. The second kappa shape index (κ2) is 32.7. The molecule has 0 aliphatic heterocycles. The lowest BCUT2D eigenvalue weighted by atomic mass is 10.0. The monoisotopic (exact) mass is 1050 g/mol. The lowest BCUT2D eigenvalue weighted by Crippen LogP contribution is -2.60. The number of carbonyl (C=O) groups excluding carboxylic acids is 9. The van der Waals surface area contributed by atoms with E-state index in [0.29, 0.717) is 5.56 Å². The molecule has 1 rings (SSSR count). The van der Waals surface area contributed by atoms with Crippen molar-refractivity contribution >= 4 is 83.4 Å². The molecule has 1 aromatic carbocycles. The fourth-order valence-corrected chi connectivity index (χ4v) is 6.67. The molecule has 0 aliphatic rings. The smallest absolute Gasteiger partial charge is 0.303 e. The van der Waals surface area contributed by atoms with E-state index in [4.69, 9.17) is 5.73 Å². The van der Waals surface area contributed by atoms with Gasteiger partial charge in [0, 0.05) is 38.5 Å². The molecule has 1 aromatic rings. The van der Waals surface area contributed by atoms with Crippen LogP contribution in [0.3, 0.4) is 0 Å².